The van der Waals surface area contributed by atoms with Crippen LogP contribution in [0.25, 0.3) is 0 Å². The number of aliphatic carboxylic acids is 2. The van der Waals surface area contributed by atoms with Gasteiger partial charge in [-0.25, -0.2) is 9.59 Å². The van der Waals surface area contributed by atoms with E-state index < -0.39 is 30.4 Å². The molecule has 0 aliphatic heterocycles. The topological polar surface area (TPSA) is 116 Å². The molecule has 0 spiro atoms. The quantitative estimate of drug-likeness (QED) is 0.605. The van der Waals surface area contributed by atoms with Crippen LogP contribution in [0.3, 0.4) is 0 Å². The third kappa shape index (κ3) is 5.46. The van der Waals surface area contributed by atoms with Gasteiger partial charge in [0.15, 0.2) is 0 Å². The number of urea groups is 1. The molecule has 2 amide bonds. The largest absolute Gasteiger partial charge is 0.481 e. The first-order valence-electron chi connectivity index (χ1n) is 6.71. The summed E-state index contributed by atoms with van der Waals surface area (Å²) in [5, 5.41) is 22.3. The molecule has 0 heterocycles. The van der Waals surface area contributed by atoms with E-state index in [-0.39, 0.29) is 11.5 Å². The molecule has 1 aliphatic rings. The first kappa shape index (κ1) is 16.3. The van der Waals surface area contributed by atoms with Crippen molar-refractivity contribution in [2.45, 2.75) is 58.0 Å². The smallest absolute Gasteiger partial charge is 0.326 e. The zero-order chi connectivity index (χ0) is 15.3. The minimum atomic E-state index is -1.41. The predicted molar refractivity (Wildman–Crippen MR) is 71.4 cm³/mol. The van der Waals surface area contributed by atoms with Crippen LogP contribution >= 0.6 is 0 Å². The summed E-state index contributed by atoms with van der Waals surface area (Å²) in [7, 11) is 0. The van der Waals surface area contributed by atoms with Gasteiger partial charge in [0.25, 0.3) is 0 Å². The number of amides is 2. The second-order valence-corrected chi connectivity index (χ2v) is 6.04. The second kappa shape index (κ2) is 6.58. The minimum Gasteiger partial charge on any atom is -0.481 e. The van der Waals surface area contributed by atoms with Gasteiger partial charge >= 0.3 is 18.0 Å². The number of carboxylic acid groups (broad SMARTS) is 2. The number of rotatable bonds is 5. The van der Waals surface area contributed by atoms with E-state index in [2.05, 4.69) is 24.5 Å². The highest BCUT2D eigenvalue weighted by molar-refractivity contribution is 5.86. The van der Waals surface area contributed by atoms with Crippen LogP contribution in [0.5, 0.6) is 0 Å². The van der Waals surface area contributed by atoms with Crippen molar-refractivity contribution in [3.63, 3.8) is 0 Å². The first-order valence-corrected chi connectivity index (χ1v) is 6.71. The molecule has 1 rings (SSSR count). The molecule has 0 aromatic carbocycles. The van der Waals surface area contributed by atoms with Crippen molar-refractivity contribution in [3.05, 3.63) is 0 Å². The van der Waals surface area contributed by atoms with Gasteiger partial charge < -0.3 is 20.8 Å². The van der Waals surface area contributed by atoms with Gasteiger partial charge in [0.1, 0.15) is 6.04 Å². The lowest BCUT2D eigenvalue weighted by atomic mass is 9.76. The van der Waals surface area contributed by atoms with E-state index in [0.717, 1.165) is 25.7 Å². The van der Waals surface area contributed by atoms with Crippen LogP contribution in [0.15, 0.2) is 0 Å². The Morgan fingerprint density at radius 1 is 1.20 bits per heavy atom. The number of nitrogens with one attached hydrogen (secondary N) is 2. The Labute approximate surface area is 117 Å². The molecule has 7 heteroatoms. The SMILES string of the molecule is CC1(C)CCC(NC(=O)N[C@@H](CC(=O)O)C(=O)O)CC1. The fourth-order valence-electron chi connectivity index (χ4n) is 2.30. The molecule has 0 unspecified atom stereocenters. The Bertz CT molecular complexity index is 384. The van der Waals surface area contributed by atoms with E-state index >= 15 is 0 Å². The van der Waals surface area contributed by atoms with Crippen molar-refractivity contribution in [2.75, 3.05) is 0 Å². The van der Waals surface area contributed by atoms with Gasteiger partial charge in [-0.2, -0.15) is 0 Å². The number of carbonyl (C=O) groups is 3. The molecule has 7 nitrogen and oxygen atoms in total. The van der Waals surface area contributed by atoms with Crippen molar-refractivity contribution < 1.29 is 24.6 Å². The van der Waals surface area contributed by atoms with E-state index in [1.165, 1.54) is 0 Å². The molecule has 0 aromatic heterocycles. The molecule has 0 bridgehead atoms. The Balaban J connectivity index is 2.42. The fraction of sp³-hybridized carbons (Fsp3) is 0.769. The maximum atomic E-state index is 11.7. The molecule has 20 heavy (non-hydrogen) atoms. The molecular formula is C13H22N2O5. The Hall–Kier alpha value is -1.79. The van der Waals surface area contributed by atoms with Crippen LogP contribution < -0.4 is 10.6 Å². The van der Waals surface area contributed by atoms with E-state index in [1.54, 1.807) is 0 Å². The molecule has 0 radical (unpaired) electrons. The van der Waals surface area contributed by atoms with E-state index in [9.17, 15) is 14.4 Å². The van der Waals surface area contributed by atoms with Crippen molar-refractivity contribution in [1.82, 2.24) is 10.6 Å². The van der Waals surface area contributed by atoms with E-state index in [1.807, 2.05) is 0 Å². The predicted octanol–water partition coefficient (Wildman–Crippen LogP) is 1.18. The summed E-state index contributed by atoms with van der Waals surface area (Å²) in [4.78, 5) is 33.1. The minimum absolute atomic E-state index is 0.0160. The van der Waals surface area contributed by atoms with Crippen molar-refractivity contribution >= 4 is 18.0 Å². The van der Waals surface area contributed by atoms with Gasteiger partial charge in [-0.3, -0.25) is 4.79 Å². The maximum Gasteiger partial charge on any atom is 0.326 e. The van der Waals surface area contributed by atoms with Crippen LogP contribution in [0.2, 0.25) is 0 Å². The van der Waals surface area contributed by atoms with Crippen molar-refractivity contribution in [1.29, 1.82) is 0 Å². The molecule has 4 N–H and O–H groups in total. The van der Waals surface area contributed by atoms with E-state index in [0.29, 0.717) is 0 Å². The molecule has 0 saturated heterocycles. The summed E-state index contributed by atoms with van der Waals surface area (Å²) in [6.45, 7) is 4.35. The molecule has 1 fully saturated rings. The summed E-state index contributed by atoms with van der Waals surface area (Å²) < 4.78 is 0. The molecule has 1 atom stereocenters. The summed E-state index contributed by atoms with van der Waals surface area (Å²) in [5.41, 5.74) is 0.279. The van der Waals surface area contributed by atoms with Crippen LogP contribution in [0, 0.1) is 5.41 Å². The van der Waals surface area contributed by atoms with Gasteiger partial charge in [-0.15, -0.1) is 0 Å². The van der Waals surface area contributed by atoms with Gasteiger partial charge in [0.2, 0.25) is 0 Å². The van der Waals surface area contributed by atoms with Gasteiger partial charge in [-0.1, -0.05) is 13.8 Å². The van der Waals surface area contributed by atoms with Crippen LogP contribution in [0.4, 0.5) is 4.79 Å². The molecule has 1 saturated carbocycles. The van der Waals surface area contributed by atoms with E-state index in [4.69, 9.17) is 10.2 Å². The highest BCUT2D eigenvalue weighted by atomic mass is 16.4. The Morgan fingerprint density at radius 2 is 1.75 bits per heavy atom. The van der Waals surface area contributed by atoms with Crippen LogP contribution in [0.1, 0.15) is 46.0 Å². The van der Waals surface area contributed by atoms with Crippen molar-refractivity contribution in [2.24, 2.45) is 5.41 Å². The summed E-state index contributed by atoms with van der Waals surface area (Å²) in [6.07, 6.45) is 3.04. The highest BCUT2D eigenvalue weighted by Crippen LogP contribution is 2.34. The normalized spacial score (nSPS) is 19.9. The number of carbonyl (C=O) groups excluding carboxylic acids is 1. The lowest BCUT2D eigenvalue weighted by molar-refractivity contribution is -0.145. The highest BCUT2D eigenvalue weighted by Gasteiger charge is 2.29. The molecule has 114 valence electrons. The number of hydrogen-bond acceptors (Lipinski definition) is 3. The average molecular weight is 286 g/mol. The second-order valence-electron chi connectivity index (χ2n) is 6.04. The lowest BCUT2D eigenvalue weighted by Crippen LogP contribution is -2.50. The van der Waals surface area contributed by atoms with Gasteiger partial charge in [-0.05, 0) is 31.1 Å². The lowest BCUT2D eigenvalue weighted by Gasteiger charge is -2.34. The zero-order valence-electron chi connectivity index (χ0n) is 11.8. The molecule has 0 aromatic rings. The summed E-state index contributed by atoms with van der Waals surface area (Å²) >= 11 is 0. The summed E-state index contributed by atoms with van der Waals surface area (Å²) in [6, 6.07) is -2.02. The zero-order valence-corrected chi connectivity index (χ0v) is 11.8. The van der Waals surface area contributed by atoms with Gasteiger partial charge in [0.05, 0.1) is 6.42 Å². The Morgan fingerprint density at radius 3 is 2.20 bits per heavy atom. The average Bonchev–Trinajstić information content (AvgIpc) is 2.30. The summed E-state index contributed by atoms with van der Waals surface area (Å²) in [5.74, 6) is -2.62. The standard InChI is InChI=1S/C13H22N2O5/c1-13(2)5-3-8(4-6-13)14-12(20)15-9(11(18)19)7-10(16)17/h8-9H,3-7H2,1-2H3,(H,16,17)(H,18,19)(H2,14,15,20)/t9-/m0/s1. The number of hydrogen-bond donors (Lipinski definition) is 4. The maximum absolute atomic E-state index is 11.7. The third-order valence-electron chi connectivity index (χ3n) is 3.66. The van der Waals surface area contributed by atoms with Gasteiger partial charge in [0, 0.05) is 6.04 Å². The molecular weight excluding hydrogens is 264 g/mol. The van der Waals surface area contributed by atoms with Crippen LogP contribution in [-0.2, 0) is 9.59 Å². The van der Waals surface area contributed by atoms with Crippen LogP contribution in [-0.4, -0.2) is 40.3 Å². The number of carboxylic acids is 2. The van der Waals surface area contributed by atoms with Crippen molar-refractivity contribution in [3.8, 4) is 0 Å². The monoisotopic (exact) mass is 286 g/mol. The third-order valence-corrected chi connectivity index (χ3v) is 3.66. The fourth-order valence-corrected chi connectivity index (χ4v) is 2.30. The first-order chi connectivity index (χ1) is 9.19. The Kier molecular flexibility index (Phi) is 5.35. The molecule has 1 aliphatic carbocycles.